The van der Waals surface area contributed by atoms with E-state index >= 15 is 0 Å². The smallest absolute Gasteiger partial charge is 0.229 e. The second-order valence-electron chi connectivity index (χ2n) is 8.01. The van der Waals surface area contributed by atoms with Gasteiger partial charge < -0.3 is 50.0 Å². The molecule has 2 aliphatic rings. The van der Waals surface area contributed by atoms with E-state index in [0.29, 0.717) is 16.5 Å². The molecule has 4 rings (SSSR count). The predicted molar refractivity (Wildman–Crippen MR) is 106 cm³/mol. The number of aliphatic hydroxyl groups excluding tert-OH is 5. The molecular formula is C21H26O10. The third-order valence-corrected chi connectivity index (χ3v) is 5.91. The molecule has 0 amide bonds. The van der Waals surface area contributed by atoms with Crippen LogP contribution in [0.3, 0.4) is 0 Å². The zero-order valence-electron chi connectivity index (χ0n) is 16.9. The minimum Gasteiger partial charge on any atom is -0.508 e. The largest absolute Gasteiger partial charge is 0.508 e. The van der Waals surface area contributed by atoms with E-state index in [4.69, 9.17) is 14.2 Å². The van der Waals surface area contributed by atoms with E-state index in [1.165, 1.54) is 12.1 Å². The molecule has 1 unspecified atom stereocenters. The average molecular weight is 438 g/mol. The number of aliphatic hydroxyl groups is 5. The number of ether oxygens (including phenoxy) is 3. The summed E-state index contributed by atoms with van der Waals surface area (Å²) in [5, 5.41) is 71.9. The Kier molecular flexibility index (Phi) is 5.73. The monoisotopic (exact) mass is 438 g/mol. The van der Waals surface area contributed by atoms with Crippen molar-refractivity contribution in [1.82, 2.24) is 0 Å². The maximum Gasteiger partial charge on any atom is 0.229 e. The van der Waals surface area contributed by atoms with Crippen LogP contribution in [0.2, 0.25) is 0 Å². The summed E-state index contributed by atoms with van der Waals surface area (Å²) in [6.07, 6.45) is -9.58. The van der Waals surface area contributed by atoms with Crippen molar-refractivity contribution in [2.24, 2.45) is 0 Å². The lowest BCUT2D eigenvalue weighted by Gasteiger charge is -2.39. The van der Waals surface area contributed by atoms with Gasteiger partial charge in [-0.2, -0.15) is 0 Å². The van der Waals surface area contributed by atoms with Crippen LogP contribution in [0.1, 0.15) is 37.2 Å². The van der Waals surface area contributed by atoms with E-state index < -0.39 is 55.6 Å². The number of benzene rings is 2. The fourth-order valence-electron chi connectivity index (χ4n) is 4.28. The summed E-state index contributed by atoms with van der Waals surface area (Å²) >= 11 is 0. The van der Waals surface area contributed by atoms with Crippen LogP contribution in [0.25, 0.3) is 10.8 Å². The number of rotatable bonds is 3. The van der Waals surface area contributed by atoms with Crippen molar-refractivity contribution in [2.45, 2.75) is 62.9 Å². The van der Waals surface area contributed by atoms with Crippen molar-refractivity contribution in [3.05, 3.63) is 29.3 Å². The molecule has 2 heterocycles. The number of fused-ring (bicyclic) bond motifs is 2. The fraction of sp³-hybridized carbons (Fsp3) is 0.524. The SMILES string of the molecule is C[C@H]1O[C@H](C)C(O)c2cc3cc(O)cc(O[C@@H]4O[C@H](CO)[C@@H](O)[C@H](O)[C@H]4O)c3c(O)c21. The summed E-state index contributed by atoms with van der Waals surface area (Å²) in [4.78, 5) is 0. The molecule has 7 N–H and O–H groups in total. The molecule has 2 aliphatic heterocycles. The second kappa shape index (κ2) is 8.06. The molecule has 0 radical (unpaired) electrons. The Morgan fingerprint density at radius 2 is 1.65 bits per heavy atom. The Balaban J connectivity index is 1.81. The lowest BCUT2D eigenvalue weighted by Crippen LogP contribution is -2.60. The minimum absolute atomic E-state index is 0.0695. The molecular weight excluding hydrogens is 412 g/mol. The van der Waals surface area contributed by atoms with Crippen molar-refractivity contribution in [3.63, 3.8) is 0 Å². The molecule has 2 aromatic carbocycles. The van der Waals surface area contributed by atoms with Crippen molar-refractivity contribution >= 4 is 10.8 Å². The first kappa shape index (κ1) is 22.0. The number of hydrogen-bond acceptors (Lipinski definition) is 10. The van der Waals surface area contributed by atoms with Gasteiger partial charge in [0.05, 0.1) is 24.2 Å². The number of phenolic OH excluding ortho intramolecular Hbond substituents is 2. The van der Waals surface area contributed by atoms with Gasteiger partial charge in [-0.25, -0.2) is 0 Å². The van der Waals surface area contributed by atoms with E-state index in [1.807, 2.05) is 0 Å². The average Bonchev–Trinajstić information content (AvgIpc) is 2.71. The van der Waals surface area contributed by atoms with E-state index in [0.717, 1.165) is 0 Å². The summed E-state index contributed by atoms with van der Waals surface area (Å²) in [5.74, 6) is -0.514. The first-order valence-corrected chi connectivity index (χ1v) is 9.97. The zero-order chi connectivity index (χ0) is 22.6. The van der Waals surface area contributed by atoms with Crippen LogP contribution in [0.5, 0.6) is 17.2 Å². The Morgan fingerprint density at radius 3 is 2.32 bits per heavy atom. The van der Waals surface area contributed by atoms with Gasteiger partial charge in [-0.3, -0.25) is 0 Å². The van der Waals surface area contributed by atoms with Crippen LogP contribution in [-0.2, 0) is 9.47 Å². The van der Waals surface area contributed by atoms with E-state index in [-0.39, 0.29) is 22.6 Å². The summed E-state index contributed by atoms with van der Waals surface area (Å²) in [6.45, 7) is 2.81. The van der Waals surface area contributed by atoms with Gasteiger partial charge in [-0.15, -0.1) is 0 Å². The maximum atomic E-state index is 11.0. The molecule has 8 atom stereocenters. The Bertz CT molecular complexity index is 977. The van der Waals surface area contributed by atoms with E-state index in [1.54, 1.807) is 19.9 Å². The quantitative estimate of drug-likeness (QED) is 0.345. The Hall–Kier alpha value is -2.18. The molecule has 31 heavy (non-hydrogen) atoms. The number of phenols is 2. The van der Waals surface area contributed by atoms with Gasteiger partial charge in [0.1, 0.15) is 47.8 Å². The van der Waals surface area contributed by atoms with E-state index in [9.17, 15) is 35.7 Å². The standard InChI is InChI=1S/C21H26O10/c1-7-14-11(16(24)8(2)29-7)4-9-3-10(23)5-12(15(9)18(14)26)30-21-20(28)19(27)17(25)13(6-22)31-21/h3-5,7-8,13,16-17,19-28H,6H2,1-2H3/t7-,8-,13-,16?,17-,19+,20-,21-/m1/s1. The molecule has 170 valence electrons. The zero-order valence-corrected chi connectivity index (χ0v) is 16.9. The first-order chi connectivity index (χ1) is 14.6. The van der Waals surface area contributed by atoms with Gasteiger partial charge in [-0.05, 0) is 36.9 Å². The highest BCUT2D eigenvalue weighted by Gasteiger charge is 2.45. The highest BCUT2D eigenvalue weighted by Crippen LogP contribution is 2.48. The summed E-state index contributed by atoms with van der Waals surface area (Å²) in [6, 6.07) is 4.20. The van der Waals surface area contributed by atoms with Crippen LogP contribution in [0.4, 0.5) is 0 Å². The third kappa shape index (κ3) is 3.60. The molecule has 10 nitrogen and oxygen atoms in total. The van der Waals surface area contributed by atoms with Crippen molar-refractivity contribution in [1.29, 1.82) is 0 Å². The van der Waals surface area contributed by atoms with Crippen molar-refractivity contribution in [2.75, 3.05) is 6.61 Å². The highest BCUT2D eigenvalue weighted by atomic mass is 16.7. The van der Waals surface area contributed by atoms with Crippen molar-refractivity contribution in [3.8, 4) is 17.2 Å². The van der Waals surface area contributed by atoms with Crippen LogP contribution in [-0.4, -0.2) is 79.2 Å². The molecule has 0 saturated carbocycles. The van der Waals surface area contributed by atoms with Gasteiger partial charge in [0.2, 0.25) is 6.29 Å². The molecule has 10 heteroatoms. The highest BCUT2D eigenvalue weighted by molar-refractivity contribution is 5.96. The lowest BCUT2D eigenvalue weighted by atomic mass is 9.88. The summed E-state index contributed by atoms with van der Waals surface area (Å²) in [7, 11) is 0. The fourth-order valence-corrected chi connectivity index (χ4v) is 4.28. The summed E-state index contributed by atoms with van der Waals surface area (Å²) in [5.41, 5.74) is 0.822. The normalized spacial score (nSPS) is 35.7. The van der Waals surface area contributed by atoms with Gasteiger partial charge >= 0.3 is 0 Å². The number of hydrogen-bond donors (Lipinski definition) is 7. The van der Waals surface area contributed by atoms with Gasteiger partial charge in [-0.1, -0.05) is 0 Å². The third-order valence-electron chi connectivity index (χ3n) is 5.91. The predicted octanol–water partition coefficient (Wildman–Crippen LogP) is -0.0572. The number of aromatic hydroxyl groups is 2. The van der Waals surface area contributed by atoms with Crippen LogP contribution in [0, 0.1) is 0 Å². The lowest BCUT2D eigenvalue weighted by molar-refractivity contribution is -0.277. The Morgan fingerprint density at radius 1 is 0.935 bits per heavy atom. The van der Waals surface area contributed by atoms with Crippen molar-refractivity contribution < 1.29 is 50.0 Å². The molecule has 2 aromatic rings. The Labute approximate surface area is 177 Å². The summed E-state index contributed by atoms with van der Waals surface area (Å²) < 4.78 is 16.7. The first-order valence-electron chi connectivity index (χ1n) is 9.97. The molecule has 0 bridgehead atoms. The second-order valence-corrected chi connectivity index (χ2v) is 8.01. The molecule has 0 spiro atoms. The van der Waals surface area contributed by atoms with Crippen LogP contribution >= 0.6 is 0 Å². The molecule has 1 saturated heterocycles. The topological polar surface area (TPSA) is 169 Å². The minimum atomic E-state index is -1.67. The van der Waals surface area contributed by atoms with Gasteiger partial charge in [0.25, 0.3) is 0 Å². The molecule has 0 aliphatic carbocycles. The maximum absolute atomic E-state index is 11.0. The van der Waals surface area contributed by atoms with Crippen LogP contribution < -0.4 is 4.74 Å². The molecule has 0 aromatic heterocycles. The molecule has 1 fully saturated rings. The van der Waals surface area contributed by atoms with E-state index in [2.05, 4.69) is 0 Å². The van der Waals surface area contributed by atoms with Gasteiger partial charge in [0, 0.05) is 11.6 Å². The van der Waals surface area contributed by atoms with Gasteiger partial charge in [0.15, 0.2) is 0 Å². The van der Waals surface area contributed by atoms with Crippen LogP contribution in [0.15, 0.2) is 18.2 Å².